The van der Waals surface area contributed by atoms with Gasteiger partial charge in [0, 0.05) is 0 Å². The van der Waals surface area contributed by atoms with Gasteiger partial charge in [0.25, 0.3) is 0 Å². The van der Waals surface area contributed by atoms with Gasteiger partial charge in [-0.15, -0.1) is 0 Å². The van der Waals surface area contributed by atoms with E-state index in [0.717, 1.165) is 31.1 Å². The van der Waals surface area contributed by atoms with Gasteiger partial charge in [0.05, 0.1) is 6.10 Å². The lowest BCUT2D eigenvalue weighted by molar-refractivity contribution is -0.105. The van der Waals surface area contributed by atoms with E-state index in [1.165, 1.54) is 32.1 Å². The van der Waals surface area contributed by atoms with Gasteiger partial charge in [-0.25, -0.2) is 4.18 Å². The Morgan fingerprint density at radius 1 is 1.00 bits per heavy atom. The van der Waals surface area contributed by atoms with Gasteiger partial charge in [0.2, 0.25) is 0 Å². The van der Waals surface area contributed by atoms with Crippen molar-refractivity contribution in [1.29, 1.82) is 0 Å². The van der Waals surface area contributed by atoms with Crippen LogP contribution in [-0.4, -0.2) is 19.1 Å². The van der Waals surface area contributed by atoms with Crippen molar-refractivity contribution in [3.05, 3.63) is 12.2 Å². The topological polar surface area (TPSA) is 63.6 Å². The zero-order valence-electron chi connectivity index (χ0n) is 14.8. The van der Waals surface area contributed by atoms with Crippen molar-refractivity contribution in [1.82, 2.24) is 0 Å². The molecule has 24 heavy (non-hydrogen) atoms. The average Bonchev–Trinajstić information content (AvgIpc) is 2.82. The molecule has 0 aromatic heterocycles. The summed E-state index contributed by atoms with van der Waals surface area (Å²) in [5.41, 5.74) is 0.311. The first kappa shape index (κ1) is 17.0. The van der Waals surface area contributed by atoms with Crippen LogP contribution < -0.4 is 0 Å². The van der Waals surface area contributed by atoms with Crippen LogP contribution in [0.15, 0.2) is 12.2 Å². The van der Waals surface area contributed by atoms with E-state index in [9.17, 15) is 8.42 Å². The van der Waals surface area contributed by atoms with Crippen LogP contribution in [0.4, 0.5) is 0 Å². The lowest BCUT2D eigenvalue weighted by atomic mass is 9.46. The molecule has 3 saturated carbocycles. The Balaban J connectivity index is 1.60. The van der Waals surface area contributed by atoms with Crippen LogP contribution in [0.2, 0.25) is 0 Å². The number of hydrogen-bond acceptors (Lipinski definition) is 3. The average molecular weight is 355 g/mol. The summed E-state index contributed by atoms with van der Waals surface area (Å²) in [6.07, 6.45) is 13.4. The second-order valence-corrected chi connectivity index (χ2v) is 10.3. The smallest absolute Gasteiger partial charge is 0.264 e. The largest absolute Gasteiger partial charge is 0.397 e. The molecule has 0 aromatic carbocycles. The van der Waals surface area contributed by atoms with Crippen molar-refractivity contribution < 1.29 is 17.2 Å². The summed E-state index contributed by atoms with van der Waals surface area (Å²) in [4.78, 5) is 0. The van der Waals surface area contributed by atoms with E-state index in [1.54, 1.807) is 0 Å². The highest BCUT2D eigenvalue weighted by Gasteiger charge is 2.60. The lowest BCUT2D eigenvalue weighted by Gasteiger charge is -2.59. The number of fused-ring (bicyclic) bond motifs is 5. The molecule has 1 N–H and O–H groups in total. The van der Waals surface area contributed by atoms with E-state index in [1.807, 2.05) is 0 Å². The zero-order chi connectivity index (χ0) is 17.2. The molecule has 4 aliphatic carbocycles. The fourth-order valence-electron chi connectivity index (χ4n) is 7.09. The first-order valence-electron chi connectivity index (χ1n) is 9.55. The van der Waals surface area contributed by atoms with E-state index in [4.69, 9.17) is 8.74 Å². The van der Waals surface area contributed by atoms with Gasteiger partial charge in [-0.05, 0) is 85.9 Å². The molecule has 0 unspecified atom stereocenters. The minimum Gasteiger partial charge on any atom is -0.264 e. The van der Waals surface area contributed by atoms with Gasteiger partial charge in [-0.2, -0.15) is 8.42 Å². The summed E-state index contributed by atoms with van der Waals surface area (Å²) in [6, 6.07) is 0. The molecular formula is C19H30O4S. The quantitative estimate of drug-likeness (QED) is 0.590. The van der Waals surface area contributed by atoms with Crippen LogP contribution >= 0.6 is 0 Å². The highest BCUT2D eigenvalue weighted by Crippen LogP contribution is 2.66. The Morgan fingerprint density at radius 3 is 2.50 bits per heavy atom. The van der Waals surface area contributed by atoms with Crippen LogP contribution in [0.25, 0.3) is 0 Å². The summed E-state index contributed by atoms with van der Waals surface area (Å²) in [5.74, 6) is 2.79. The molecule has 136 valence electrons. The highest BCUT2D eigenvalue weighted by atomic mass is 32.3. The standard InChI is InChI=1S/C19H30O4S/c1-18-11-4-3-5-13(18)6-7-14-15-8-9-17(23-24(20,21)22)19(15,2)12-10-16(14)18/h3-4,13-17H,5-12H2,1-2H3,(H,20,21,22)/t13-,14+,15+,16+,17+,18+,19+/m1/s1. The van der Waals surface area contributed by atoms with Gasteiger partial charge in [-0.3, -0.25) is 4.55 Å². The first-order chi connectivity index (χ1) is 11.2. The third-order valence-electron chi connectivity index (χ3n) is 8.36. The summed E-state index contributed by atoms with van der Waals surface area (Å²) >= 11 is 0. The maximum absolute atomic E-state index is 11.3. The molecule has 4 aliphatic rings. The van der Waals surface area contributed by atoms with E-state index in [0.29, 0.717) is 17.3 Å². The summed E-state index contributed by atoms with van der Waals surface area (Å²) < 4.78 is 36.8. The Hall–Kier alpha value is -0.390. The SMILES string of the molecule is C[C@]12CC=CC[C@@H]1CC[C@@H]1[C@@H]2CC[C@]2(C)[C@@H](OS(=O)(=O)O)CC[C@@H]12. The minimum atomic E-state index is -4.37. The van der Waals surface area contributed by atoms with Gasteiger partial charge in [0.1, 0.15) is 0 Å². The Kier molecular flexibility index (Phi) is 3.94. The second kappa shape index (κ2) is 5.55. The van der Waals surface area contributed by atoms with Crippen LogP contribution in [0, 0.1) is 34.5 Å². The monoisotopic (exact) mass is 354 g/mol. The molecule has 0 amide bonds. The molecule has 4 rings (SSSR count). The van der Waals surface area contributed by atoms with Gasteiger partial charge >= 0.3 is 10.4 Å². The molecule has 0 bridgehead atoms. The van der Waals surface area contributed by atoms with E-state index >= 15 is 0 Å². The van der Waals surface area contributed by atoms with E-state index in [2.05, 4.69) is 26.0 Å². The second-order valence-electron chi connectivity index (χ2n) is 9.20. The molecule has 7 atom stereocenters. The number of hydrogen-bond donors (Lipinski definition) is 1. The maximum atomic E-state index is 11.3. The lowest BCUT2D eigenvalue weighted by Crippen LogP contribution is -2.53. The number of allylic oxidation sites excluding steroid dienone is 2. The van der Waals surface area contributed by atoms with Gasteiger partial charge in [0.15, 0.2) is 0 Å². The minimum absolute atomic E-state index is 0.106. The Bertz CT molecular complexity index is 642. The summed E-state index contributed by atoms with van der Waals surface area (Å²) in [7, 11) is -4.37. The van der Waals surface area contributed by atoms with Crippen molar-refractivity contribution in [2.75, 3.05) is 0 Å². The number of rotatable bonds is 2. The van der Waals surface area contributed by atoms with Crippen LogP contribution in [0.5, 0.6) is 0 Å². The van der Waals surface area contributed by atoms with Crippen LogP contribution in [0.1, 0.15) is 65.2 Å². The third kappa shape index (κ3) is 2.50. The molecule has 0 saturated heterocycles. The van der Waals surface area contributed by atoms with Crippen molar-refractivity contribution in [3.63, 3.8) is 0 Å². The van der Waals surface area contributed by atoms with Gasteiger partial charge in [-0.1, -0.05) is 26.0 Å². The van der Waals surface area contributed by atoms with E-state index in [-0.39, 0.29) is 11.5 Å². The van der Waals surface area contributed by atoms with E-state index < -0.39 is 10.4 Å². The molecule has 0 radical (unpaired) electrons. The predicted octanol–water partition coefficient (Wildman–Crippen LogP) is 4.38. The van der Waals surface area contributed by atoms with Crippen LogP contribution in [-0.2, 0) is 14.6 Å². The summed E-state index contributed by atoms with van der Waals surface area (Å²) in [6.45, 7) is 4.70. The van der Waals surface area contributed by atoms with Crippen molar-refractivity contribution >= 4 is 10.4 Å². The normalized spacial score (nSPS) is 50.9. The molecule has 5 heteroatoms. The third-order valence-corrected chi connectivity index (χ3v) is 8.84. The highest BCUT2D eigenvalue weighted by molar-refractivity contribution is 7.80. The Labute approximate surface area is 146 Å². The molecule has 4 nitrogen and oxygen atoms in total. The molecule has 0 heterocycles. The van der Waals surface area contributed by atoms with Crippen molar-refractivity contribution in [2.45, 2.75) is 71.3 Å². The molecule has 3 fully saturated rings. The van der Waals surface area contributed by atoms with Crippen molar-refractivity contribution in [2.24, 2.45) is 34.5 Å². The molecular weight excluding hydrogens is 324 g/mol. The first-order valence-corrected chi connectivity index (χ1v) is 10.9. The predicted molar refractivity (Wildman–Crippen MR) is 92.7 cm³/mol. The molecule has 0 aromatic rings. The van der Waals surface area contributed by atoms with Crippen molar-refractivity contribution in [3.8, 4) is 0 Å². The molecule has 0 aliphatic heterocycles. The maximum Gasteiger partial charge on any atom is 0.397 e. The molecule has 0 spiro atoms. The fourth-order valence-corrected chi connectivity index (χ4v) is 7.70. The van der Waals surface area contributed by atoms with Gasteiger partial charge < -0.3 is 0 Å². The Morgan fingerprint density at radius 2 is 1.75 bits per heavy atom. The van der Waals surface area contributed by atoms with Crippen LogP contribution in [0.3, 0.4) is 0 Å². The fraction of sp³-hybridized carbons (Fsp3) is 0.895. The summed E-state index contributed by atoms with van der Waals surface area (Å²) in [5, 5.41) is 0. The zero-order valence-corrected chi connectivity index (χ0v) is 15.6.